The number of hydrogen-bond donors (Lipinski definition) is 2. The molecule has 0 saturated heterocycles. The standard InChI is InChI=1S/C25H28N2O4/c1-29-22-9-5-6-10-23(22)30-17-21-15-16-24(31-21)25(28)27-20-13-11-19(12-14-20)26-18-7-3-2-4-8-18/h5-6,9-16,18,26H,2-4,7-8,17H2,1H3,(H,27,28). The van der Waals surface area contributed by atoms with Crippen molar-refractivity contribution in [1.29, 1.82) is 0 Å². The first kappa shape index (κ1) is 20.8. The molecule has 1 heterocycles. The van der Waals surface area contributed by atoms with Crippen LogP contribution >= 0.6 is 0 Å². The van der Waals surface area contributed by atoms with Gasteiger partial charge in [-0.05, 0) is 61.4 Å². The van der Waals surface area contributed by atoms with Crippen LogP contribution in [0.5, 0.6) is 11.5 Å². The van der Waals surface area contributed by atoms with Crippen molar-refractivity contribution in [3.05, 3.63) is 72.2 Å². The summed E-state index contributed by atoms with van der Waals surface area (Å²) in [5.41, 5.74) is 1.81. The van der Waals surface area contributed by atoms with Crippen molar-refractivity contribution in [1.82, 2.24) is 0 Å². The Labute approximate surface area is 182 Å². The topological polar surface area (TPSA) is 72.7 Å². The number of rotatable bonds is 8. The number of amides is 1. The van der Waals surface area contributed by atoms with E-state index in [1.54, 1.807) is 19.2 Å². The van der Waals surface area contributed by atoms with Gasteiger partial charge in [0.25, 0.3) is 5.91 Å². The van der Waals surface area contributed by atoms with E-state index < -0.39 is 0 Å². The Hall–Kier alpha value is -3.41. The maximum absolute atomic E-state index is 12.5. The zero-order chi connectivity index (χ0) is 21.5. The fraction of sp³-hybridized carbons (Fsp3) is 0.320. The third-order valence-electron chi connectivity index (χ3n) is 5.44. The summed E-state index contributed by atoms with van der Waals surface area (Å²) >= 11 is 0. The summed E-state index contributed by atoms with van der Waals surface area (Å²) in [6.07, 6.45) is 6.37. The average molecular weight is 421 g/mol. The SMILES string of the molecule is COc1ccccc1OCc1ccc(C(=O)Nc2ccc(NC3CCCCC3)cc2)o1. The first-order valence-electron chi connectivity index (χ1n) is 10.7. The number of benzene rings is 2. The first-order valence-corrected chi connectivity index (χ1v) is 10.7. The highest BCUT2D eigenvalue weighted by atomic mass is 16.5. The van der Waals surface area contributed by atoms with Gasteiger partial charge in [0.15, 0.2) is 17.3 Å². The summed E-state index contributed by atoms with van der Waals surface area (Å²) in [5, 5.41) is 6.45. The molecular formula is C25H28N2O4. The highest BCUT2D eigenvalue weighted by Crippen LogP contribution is 2.27. The van der Waals surface area contributed by atoms with Crippen molar-refractivity contribution < 1.29 is 18.7 Å². The van der Waals surface area contributed by atoms with Gasteiger partial charge in [-0.3, -0.25) is 4.79 Å². The molecule has 2 aromatic carbocycles. The minimum atomic E-state index is -0.295. The van der Waals surface area contributed by atoms with Crippen LogP contribution in [-0.2, 0) is 6.61 Å². The fourth-order valence-electron chi connectivity index (χ4n) is 3.79. The normalized spacial score (nSPS) is 14.1. The Kier molecular flexibility index (Phi) is 6.77. The van der Waals surface area contributed by atoms with Gasteiger partial charge in [0.05, 0.1) is 7.11 Å². The molecule has 1 aliphatic carbocycles. The molecule has 1 aromatic heterocycles. The van der Waals surface area contributed by atoms with Crippen molar-refractivity contribution in [2.75, 3.05) is 17.7 Å². The van der Waals surface area contributed by atoms with Gasteiger partial charge in [-0.1, -0.05) is 31.4 Å². The van der Waals surface area contributed by atoms with Gasteiger partial charge < -0.3 is 24.5 Å². The van der Waals surface area contributed by atoms with Crippen molar-refractivity contribution in [2.24, 2.45) is 0 Å². The van der Waals surface area contributed by atoms with E-state index in [0.717, 1.165) is 11.4 Å². The van der Waals surface area contributed by atoms with E-state index in [1.165, 1.54) is 32.1 Å². The van der Waals surface area contributed by atoms with Crippen molar-refractivity contribution in [3.63, 3.8) is 0 Å². The molecule has 1 amide bonds. The monoisotopic (exact) mass is 420 g/mol. The molecule has 4 rings (SSSR count). The zero-order valence-electron chi connectivity index (χ0n) is 17.7. The lowest BCUT2D eigenvalue weighted by atomic mass is 9.95. The van der Waals surface area contributed by atoms with E-state index >= 15 is 0 Å². The molecule has 0 atom stereocenters. The molecule has 3 aromatic rings. The van der Waals surface area contributed by atoms with E-state index in [2.05, 4.69) is 10.6 Å². The van der Waals surface area contributed by atoms with Gasteiger partial charge >= 0.3 is 0 Å². The van der Waals surface area contributed by atoms with E-state index in [9.17, 15) is 4.79 Å². The molecule has 162 valence electrons. The molecule has 0 unspecified atom stereocenters. The average Bonchev–Trinajstić information content (AvgIpc) is 3.29. The predicted octanol–water partition coefficient (Wildman–Crippen LogP) is 5.86. The van der Waals surface area contributed by atoms with E-state index in [1.807, 2.05) is 48.5 Å². The van der Waals surface area contributed by atoms with Crippen molar-refractivity contribution in [3.8, 4) is 11.5 Å². The summed E-state index contributed by atoms with van der Waals surface area (Å²) < 4.78 is 16.7. The first-order chi connectivity index (χ1) is 15.2. The van der Waals surface area contributed by atoms with Crippen LogP contribution in [-0.4, -0.2) is 19.1 Å². The summed E-state index contributed by atoms with van der Waals surface area (Å²) in [5.74, 6) is 1.77. The molecule has 0 bridgehead atoms. The van der Waals surface area contributed by atoms with Crippen LogP contribution in [0.3, 0.4) is 0 Å². The smallest absolute Gasteiger partial charge is 0.291 e. The second-order valence-electron chi connectivity index (χ2n) is 7.72. The highest BCUT2D eigenvalue weighted by Gasteiger charge is 2.14. The molecule has 1 fully saturated rings. The maximum atomic E-state index is 12.5. The quantitative estimate of drug-likeness (QED) is 0.477. The Bertz CT molecular complexity index is 991. The molecule has 1 saturated carbocycles. The van der Waals surface area contributed by atoms with Gasteiger partial charge in [-0.25, -0.2) is 0 Å². The number of furan rings is 1. The van der Waals surface area contributed by atoms with Crippen LogP contribution in [0.25, 0.3) is 0 Å². The molecule has 0 radical (unpaired) electrons. The minimum absolute atomic E-state index is 0.204. The van der Waals surface area contributed by atoms with Crippen LogP contribution in [0.15, 0.2) is 65.1 Å². The molecule has 0 spiro atoms. The van der Waals surface area contributed by atoms with Crippen LogP contribution in [0.2, 0.25) is 0 Å². The maximum Gasteiger partial charge on any atom is 0.291 e. The number of methoxy groups -OCH3 is 1. The number of para-hydroxylation sites is 2. The van der Waals surface area contributed by atoms with E-state index in [4.69, 9.17) is 13.9 Å². The zero-order valence-corrected chi connectivity index (χ0v) is 17.7. The highest BCUT2D eigenvalue weighted by molar-refractivity contribution is 6.02. The third-order valence-corrected chi connectivity index (χ3v) is 5.44. The summed E-state index contributed by atoms with van der Waals surface area (Å²) in [4.78, 5) is 12.5. The molecule has 31 heavy (non-hydrogen) atoms. The van der Waals surface area contributed by atoms with Gasteiger partial charge in [-0.2, -0.15) is 0 Å². The lowest BCUT2D eigenvalue weighted by Gasteiger charge is -2.23. The Morgan fingerprint density at radius 2 is 1.65 bits per heavy atom. The lowest BCUT2D eigenvalue weighted by Crippen LogP contribution is -2.22. The Balaban J connectivity index is 1.30. The molecule has 6 nitrogen and oxygen atoms in total. The third kappa shape index (κ3) is 5.60. The lowest BCUT2D eigenvalue weighted by molar-refractivity contribution is 0.0992. The second-order valence-corrected chi connectivity index (χ2v) is 7.72. The number of nitrogens with one attached hydrogen (secondary N) is 2. The Morgan fingerprint density at radius 1 is 0.935 bits per heavy atom. The van der Waals surface area contributed by atoms with Crippen LogP contribution in [0.1, 0.15) is 48.4 Å². The summed E-state index contributed by atoms with van der Waals surface area (Å²) in [6.45, 7) is 0.204. The summed E-state index contributed by atoms with van der Waals surface area (Å²) in [7, 11) is 1.59. The van der Waals surface area contributed by atoms with Crippen LogP contribution in [0.4, 0.5) is 11.4 Å². The molecular weight excluding hydrogens is 392 g/mol. The predicted molar refractivity (Wildman–Crippen MR) is 121 cm³/mol. The number of carbonyl (C=O) groups excluding carboxylic acids is 1. The number of anilines is 2. The number of hydrogen-bond acceptors (Lipinski definition) is 5. The Morgan fingerprint density at radius 3 is 2.39 bits per heavy atom. The van der Waals surface area contributed by atoms with Gasteiger partial charge in [0.1, 0.15) is 12.4 Å². The van der Waals surface area contributed by atoms with Crippen molar-refractivity contribution in [2.45, 2.75) is 44.8 Å². The van der Waals surface area contributed by atoms with Crippen LogP contribution in [0, 0.1) is 0 Å². The van der Waals surface area contributed by atoms with E-state index in [0.29, 0.717) is 23.3 Å². The summed E-state index contributed by atoms with van der Waals surface area (Å²) in [6, 6.07) is 19.1. The van der Waals surface area contributed by atoms with Gasteiger partial charge in [-0.15, -0.1) is 0 Å². The molecule has 1 aliphatic rings. The molecule has 6 heteroatoms. The number of carbonyl (C=O) groups is 1. The molecule has 0 aliphatic heterocycles. The van der Waals surface area contributed by atoms with E-state index in [-0.39, 0.29) is 18.3 Å². The fourth-order valence-corrected chi connectivity index (χ4v) is 3.79. The number of ether oxygens (including phenoxy) is 2. The van der Waals surface area contributed by atoms with Crippen LogP contribution < -0.4 is 20.1 Å². The largest absolute Gasteiger partial charge is 0.493 e. The minimum Gasteiger partial charge on any atom is -0.493 e. The van der Waals surface area contributed by atoms with Crippen molar-refractivity contribution >= 4 is 17.3 Å². The van der Waals surface area contributed by atoms with Gasteiger partial charge in [0.2, 0.25) is 0 Å². The van der Waals surface area contributed by atoms with Gasteiger partial charge in [0, 0.05) is 17.4 Å². The second kappa shape index (κ2) is 10.1. The molecule has 2 N–H and O–H groups in total.